The number of halogens is 2. The van der Waals surface area contributed by atoms with Gasteiger partial charge in [-0.2, -0.15) is 0 Å². The van der Waals surface area contributed by atoms with E-state index in [-0.39, 0.29) is 17.8 Å². The van der Waals surface area contributed by atoms with Gasteiger partial charge in [0.05, 0.1) is 12.1 Å². The van der Waals surface area contributed by atoms with E-state index in [9.17, 15) is 9.18 Å². The summed E-state index contributed by atoms with van der Waals surface area (Å²) in [5, 5.41) is 4.95. The molecule has 194 valence electrons. The lowest BCUT2D eigenvalue weighted by molar-refractivity contribution is 0.0604. The largest absolute Gasteiger partial charge is 0.496 e. The molecule has 1 heterocycles. The summed E-state index contributed by atoms with van der Waals surface area (Å²) in [7, 11) is 3.65. The second-order valence-corrected chi connectivity index (χ2v) is 11.2. The number of nitrogens with zero attached hydrogens (tertiary/aromatic N) is 1. The van der Waals surface area contributed by atoms with Crippen LogP contribution in [0.1, 0.15) is 53.8 Å². The van der Waals surface area contributed by atoms with Gasteiger partial charge in [-0.15, -0.1) is 11.3 Å². The molecule has 1 aromatic heterocycles. The second kappa shape index (κ2) is 11.4. The monoisotopic (exact) mass is 538 g/mol. The summed E-state index contributed by atoms with van der Waals surface area (Å²) in [5.41, 5.74) is 2.79. The lowest BCUT2D eigenvalue weighted by Gasteiger charge is -2.37. The van der Waals surface area contributed by atoms with Crippen LogP contribution in [0, 0.1) is 5.82 Å². The van der Waals surface area contributed by atoms with Crippen molar-refractivity contribution in [1.82, 2.24) is 10.2 Å². The summed E-state index contributed by atoms with van der Waals surface area (Å²) >= 11 is 8.29. The number of thiophene rings is 1. The summed E-state index contributed by atoms with van der Waals surface area (Å²) in [6.07, 6.45) is 10.1. The maximum absolute atomic E-state index is 14.2. The summed E-state index contributed by atoms with van der Waals surface area (Å²) < 4.78 is 20.3. The topological polar surface area (TPSA) is 41.6 Å². The molecule has 3 aromatic rings. The molecule has 5 rings (SSSR count). The molecule has 0 spiro atoms. The second-order valence-electron chi connectivity index (χ2n) is 9.77. The molecule has 0 radical (unpaired) electrons. The van der Waals surface area contributed by atoms with Crippen molar-refractivity contribution in [1.29, 1.82) is 0 Å². The van der Waals surface area contributed by atoms with E-state index in [2.05, 4.69) is 17.5 Å². The third-order valence-corrected chi connectivity index (χ3v) is 9.25. The molecule has 0 bridgehead atoms. The van der Waals surface area contributed by atoms with Crippen molar-refractivity contribution in [3.8, 4) is 16.9 Å². The van der Waals surface area contributed by atoms with E-state index < -0.39 is 0 Å². The predicted octanol–water partition coefficient (Wildman–Crippen LogP) is 5.74. The van der Waals surface area contributed by atoms with Crippen LogP contribution in [-0.2, 0) is 6.54 Å². The third kappa shape index (κ3) is 5.47. The Morgan fingerprint density at radius 1 is 1.08 bits per heavy atom. The highest BCUT2D eigenvalue weighted by atomic mass is 35.5. The lowest BCUT2D eigenvalue weighted by atomic mass is 9.89. The van der Waals surface area contributed by atoms with Gasteiger partial charge < -0.3 is 15.0 Å². The average molecular weight is 539 g/mol. The van der Waals surface area contributed by atoms with Gasteiger partial charge in [-0.25, -0.2) is 4.39 Å². The van der Waals surface area contributed by atoms with Gasteiger partial charge in [-0.05, 0) is 81.0 Å². The fourth-order valence-electron chi connectivity index (χ4n) is 5.44. The van der Waals surface area contributed by atoms with E-state index in [1.54, 1.807) is 19.2 Å². The van der Waals surface area contributed by atoms with E-state index in [1.165, 1.54) is 23.5 Å². The number of carbonyl (C=O) groups is 1. The quantitative estimate of drug-likeness (QED) is 0.417. The molecule has 0 unspecified atom stereocenters. The molecule has 2 aromatic carbocycles. The van der Waals surface area contributed by atoms with Crippen LogP contribution in [0.5, 0.6) is 5.75 Å². The maximum Gasteiger partial charge on any atom is 0.266 e. The maximum atomic E-state index is 14.2. The van der Waals surface area contributed by atoms with E-state index in [1.807, 2.05) is 30.1 Å². The number of nitrogens with one attached hydrogen (secondary N) is 1. The van der Waals surface area contributed by atoms with Crippen molar-refractivity contribution in [3.05, 3.63) is 73.5 Å². The summed E-state index contributed by atoms with van der Waals surface area (Å²) in [6.45, 7) is 0.415. The Kier molecular flexibility index (Phi) is 7.98. The standard InChI is InChI=1S/C30H32ClFN2O2S/c1-33-23-12-14-24(15-13-23)34(30(35)29-28(31)25-5-3-4-6-27(25)37-29)18-21-17-20(9-16-26(21)36-2)19-7-10-22(32)11-8-19/h5-11,16-17,23-24,33H,3-4,12-15,18H2,1-2H3. The zero-order valence-electron chi connectivity index (χ0n) is 21.2. The highest BCUT2D eigenvalue weighted by Gasteiger charge is 2.32. The van der Waals surface area contributed by atoms with Crippen LogP contribution in [-0.4, -0.2) is 37.0 Å². The van der Waals surface area contributed by atoms with Gasteiger partial charge in [0, 0.05) is 33.9 Å². The number of rotatable bonds is 7. The molecule has 1 N–H and O–H groups in total. The van der Waals surface area contributed by atoms with Crippen LogP contribution in [0.4, 0.5) is 4.39 Å². The molecule has 2 aliphatic carbocycles. The van der Waals surface area contributed by atoms with Crippen molar-refractivity contribution < 1.29 is 13.9 Å². The first kappa shape index (κ1) is 26.0. The van der Waals surface area contributed by atoms with E-state index in [0.717, 1.165) is 70.7 Å². The van der Waals surface area contributed by atoms with Crippen LogP contribution in [0.15, 0.2) is 42.5 Å². The van der Waals surface area contributed by atoms with Gasteiger partial charge in [0.25, 0.3) is 5.91 Å². The number of ether oxygens (including phenoxy) is 1. The average Bonchev–Trinajstić information content (AvgIpc) is 3.28. The molecule has 2 aliphatic rings. The highest BCUT2D eigenvalue weighted by molar-refractivity contribution is 7.12. The molecule has 0 saturated heterocycles. The Morgan fingerprint density at radius 3 is 2.46 bits per heavy atom. The SMILES string of the molecule is CNC1CCC(N(Cc2cc(-c3ccc(F)cc3)ccc2OC)C(=O)c2sc3c(c2Cl)=CCCC=3)CC1. The number of amides is 1. The van der Waals surface area contributed by atoms with Gasteiger partial charge in [0.2, 0.25) is 0 Å². The zero-order chi connectivity index (χ0) is 25.9. The molecule has 37 heavy (non-hydrogen) atoms. The van der Waals surface area contributed by atoms with Crippen molar-refractivity contribution >= 4 is 41.0 Å². The number of carbonyl (C=O) groups excluding carboxylic acids is 1. The Bertz CT molecular complexity index is 1390. The van der Waals surface area contributed by atoms with Crippen molar-refractivity contribution in [2.45, 2.75) is 57.2 Å². The van der Waals surface area contributed by atoms with Crippen LogP contribution >= 0.6 is 22.9 Å². The number of methoxy groups -OCH3 is 1. The summed E-state index contributed by atoms with van der Waals surface area (Å²) in [5.74, 6) is 0.440. The normalized spacial score (nSPS) is 18.9. The number of fused-ring (bicyclic) bond motifs is 1. The molecule has 0 atom stereocenters. The molecule has 4 nitrogen and oxygen atoms in total. The molecular weight excluding hydrogens is 507 g/mol. The van der Waals surface area contributed by atoms with Gasteiger partial charge >= 0.3 is 0 Å². The minimum atomic E-state index is -0.267. The lowest BCUT2D eigenvalue weighted by Crippen LogP contribution is -2.44. The predicted molar refractivity (Wildman–Crippen MR) is 150 cm³/mol. The van der Waals surface area contributed by atoms with Crippen molar-refractivity contribution in [2.75, 3.05) is 14.2 Å². The Hall–Kier alpha value is -2.67. The minimum absolute atomic E-state index is 0.0201. The minimum Gasteiger partial charge on any atom is -0.496 e. The molecule has 1 fully saturated rings. The van der Waals surface area contributed by atoms with Gasteiger partial charge in [0.15, 0.2) is 0 Å². The number of hydrogen-bond acceptors (Lipinski definition) is 4. The molecule has 1 saturated carbocycles. The Labute approximate surface area is 226 Å². The first-order valence-electron chi connectivity index (χ1n) is 12.9. The van der Waals surface area contributed by atoms with Crippen LogP contribution in [0.3, 0.4) is 0 Å². The zero-order valence-corrected chi connectivity index (χ0v) is 22.8. The fourth-order valence-corrected chi connectivity index (χ4v) is 6.99. The first-order chi connectivity index (χ1) is 18.0. The summed E-state index contributed by atoms with van der Waals surface area (Å²) in [4.78, 5) is 16.8. The fraction of sp³-hybridized carbons (Fsp3) is 0.367. The van der Waals surface area contributed by atoms with Gasteiger partial charge in [0.1, 0.15) is 16.4 Å². The van der Waals surface area contributed by atoms with Crippen LogP contribution < -0.4 is 19.8 Å². The number of hydrogen-bond donors (Lipinski definition) is 1. The smallest absolute Gasteiger partial charge is 0.266 e. The molecule has 1 amide bonds. The van der Waals surface area contributed by atoms with E-state index in [4.69, 9.17) is 16.3 Å². The Morgan fingerprint density at radius 2 is 1.78 bits per heavy atom. The van der Waals surface area contributed by atoms with E-state index >= 15 is 0 Å². The van der Waals surface area contributed by atoms with E-state index in [0.29, 0.717) is 22.5 Å². The molecular formula is C30H32ClFN2O2S. The Balaban J connectivity index is 1.52. The van der Waals surface area contributed by atoms with Crippen LogP contribution in [0.25, 0.3) is 23.3 Å². The van der Waals surface area contributed by atoms with Crippen molar-refractivity contribution in [2.24, 2.45) is 0 Å². The van der Waals surface area contributed by atoms with Crippen molar-refractivity contribution in [3.63, 3.8) is 0 Å². The van der Waals surface area contributed by atoms with Gasteiger partial charge in [-0.3, -0.25) is 4.79 Å². The number of benzene rings is 2. The molecule has 7 heteroatoms. The van der Waals surface area contributed by atoms with Gasteiger partial charge in [-0.1, -0.05) is 42.0 Å². The van der Waals surface area contributed by atoms with Crippen LogP contribution in [0.2, 0.25) is 5.02 Å². The summed E-state index contributed by atoms with van der Waals surface area (Å²) in [6, 6.07) is 13.0. The first-order valence-corrected chi connectivity index (χ1v) is 14.1. The molecule has 0 aliphatic heterocycles. The highest BCUT2D eigenvalue weighted by Crippen LogP contribution is 2.32. The third-order valence-electron chi connectivity index (χ3n) is 7.56.